The summed E-state index contributed by atoms with van der Waals surface area (Å²) in [7, 11) is 0. The van der Waals surface area contributed by atoms with E-state index in [-0.39, 0.29) is 17.9 Å². The van der Waals surface area contributed by atoms with Crippen molar-refractivity contribution >= 4 is 11.8 Å². The minimum atomic E-state index is -0.534. The third kappa shape index (κ3) is 3.99. The minimum absolute atomic E-state index is 0.0749. The van der Waals surface area contributed by atoms with E-state index in [0.717, 1.165) is 12.8 Å². The van der Waals surface area contributed by atoms with Crippen molar-refractivity contribution in [3.05, 3.63) is 65.2 Å². The van der Waals surface area contributed by atoms with Crippen LogP contribution in [-0.4, -0.2) is 25.0 Å². The fraction of sp³-hybridized carbons (Fsp3) is 0.300. The molecule has 0 unspecified atom stereocenters. The van der Waals surface area contributed by atoms with Crippen molar-refractivity contribution in [1.29, 1.82) is 0 Å². The summed E-state index contributed by atoms with van der Waals surface area (Å²) in [4.78, 5) is 23.1. The Hall–Kier alpha value is -2.82. The summed E-state index contributed by atoms with van der Waals surface area (Å²) in [5.41, 5.74) is 8.27. The van der Waals surface area contributed by atoms with E-state index < -0.39 is 5.91 Å². The average Bonchev–Trinajstić information content (AvgIpc) is 3.40. The van der Waals surface area contributed by atoms with E-state index >= 15 is 0 Å². The molecule has 0 heterocycles. The molecule has 3 N–H and O–H groups in total. The molecule has 1 saturated carbocycles. The van der Waals surface area contributed by atoms with Crippen LogP contribution in [0.1, 0.15) is 34.3 Å². The van der Waals surface area contributed by atoms with Crippen LogP contribution in [0.2, 0.25) is 0 Å². The number of carbonyl (C=O) groups is 2. The number of amides is 2. The maximum atomic E-state index is 12.4. The number of ether oxygens (including phenoxy) is 1. The van der Waals surface area contributed by atoms with Gasteiger partial charge in [0.05, 0.1) is 0 Å². The monoisotopic (exact) mass is 338 g/mol. The van der Waals surface area contributed by atoms with Gasteiger partial charge in [0.25, 0.3) is 11.8 Å². The van der Waals surface area contributed by atoms with E-state index in [0.29, 0.717) is 17.9 Å². The number of nitrogens with two attached hydrogens (primary N) is 1. The van der Waals surface area contributed by atoms with Crippen molar-refractivity contribution < 1.29 is 14.3 Å². The molecule has 0 aromatic heterocycles. The van der Waals surface area contributed by atoms with Gasteiger partial charge in [-0.2, -0.15) is 0 Å². The molecule has 1 aliphatic rings. The van der Waals surface area contributed by atoms with Gasteiger partial charge in [-0.25, -0.2) is 0 Å². The summed E-state index contributed by atoms with van der Waals surface area (Å²) >= 11 is 0. The highest BCUT2D eigenvalue weighted by Gasteiger charge is 2.45. The second-order valence-corrected chi connectivity index (χ2v) is 6.56. The summed E-state index contributed by atoms with van der Waals surface area (Å²) in [6.45, 7) is 2.57. The van der Waals surface area contributed by atoms with Crippen LogP contribution in [0.15, 0.2) is 48.5 Å². The molecule has 1 fully saturated rings. The van der Waals surface area contributed by atoms with Crippen molar-refractivity contribution in [1.82, 2.24) is 5.32 Å². The highest BCUT2D eigenvalue weighted by Crippen LogP contribution is 2.48. The van der Waals surface area contributed by atoms with Crippen LogP contribution in [0.25, 0.3) is 0 Å². The standard InChI is InChI=1S/C20H22N2O3/c1-14-4-2-3-5-17(14)20(10-11-20)13-22-19(24)15-6-8-16(9-7-15)25-12-18(21)23/h2-9H,10-13H2,1H3,(H2,21,23)(H,22,24). The van der Waals surface area contributed by atoms with E-state index in [1.807, 2.05) is 6.07 Å². The van der Waals surface area contributed by atoms with Gasteiger partial charge < -0.3 is 15.8 Å². The number of nitrogens with one attached hydrogen (secondary N) is 1. The van der Waals surface area contributed by atoms with Crippen LogP contribution in [0.3, 0.4) is 0 Å². The molecule has 3 rings (SSSR count). The van der Waals surface area contributed by atoms with Gasteiger partial charge in [-0.1, -0.05) is 24.3 Å². The number of aryl methyl sites for hydroxylation is 1. The average molecular weight is 338 g/mol. The smallest absolute Gasteiger partial charge is 0.255 e. The number of primary amides is 1. The fourth-order valence-electron chi connectivity index (χ4n) is 3.07. The molecule has 2 amide bonds. The topological polar surface area (TPSA) is 81.4 Å². The third-order valence-electron chi connectivity index (χ3n) is 4.65. The Morgan fingerprint density at radius 1 is 1.12 bits per heavy atom. The molecule has 2 aromatic rings. The Morgan fingerprint density at radius 3 is 2.40 bits per heavy atom. The normalized spacial score (nSPS) is 14.6. The van der Waals surface area contributed by atoms with Gasteiger partial charge in [0.15, 0.2) is 6.61 Å². The Morgan fingerprint density at radius 2 is 1.80 bits per heavy atom. The van der Waals surface area contributed by atoms with E-state index in [4.69, 9.17) is 10.5 Å². The maximum absolute atomic E-state index is 12.4. The summed E-state index contributed by atoms with van der Waals surface area (Å²) in [6.07, 6.45) is 2.19. The predicted octanol–water partition coefficient (Wildman–Crippen LogP) is 2.32. The predicted molar refractivity (Wildman–Crippen MR) is 95.6 cm³/mol. The van der Waals surface area contributed by atoms with Crippen molar-refractivity contribution in [2.24, 2.45) is 5.73 Å². The molecule has 0 radical (unpaired) electrons. The van der Waals surface area contributed by atoms with Gasteiger partial charge in [0.2, 0.25) is 0 Å². The fourth-order valence-corrected chi connectivity index (χ4v) is 3.07. The number of rotatable bonds is 7. The molecule has 0 spiro atoms. The minimum Gasteiger partial charge on any atom is -0.484 e. The first-order chi connectivity index (χ1) is 12.0. The van der Waals surface area contributed by atoms with E-state index in [2.05, 4.69) is 30.4 Å². The van der Waals surface area contributed by atoms with Gasteiger partial charge in [-0.05, 0) is 55.2 Å². The highest BCUT2D eigenvalue weighted by atomic mass is 16.5. The van der Waals surface area contributed by atoms with Crippen LogP contribution in [0, 0.1) is 6.92 Å². The number of hydrogen-bond acceptors (Lipinski definition) is 3. The van der Waals surface area contributed by atoms with Crippen LogP contribution in [-0.2, 0) is 10.2 Å². The molecule has 0 bridgehead atoms. The molecule has 1 aliphatic carbocycles. The molecular weight excluding hydrogens is 316 g/mol. The third-order valence-corrected chi connectivity index (χ3v) is 4.65. The maximum Gasteiger partial charge on any atom is 0.255 e. The quantitative estimate of drug-likeness (QED) is 0.813. The lowest BCUT2D eigenvalue weighted by Crippen LogP contribution is -2.32. The Bertz CT molecular complexity index is 780. The molecular formula is C20H22N2O3. The Kier molecular flexibility index (Phi) is 4.74. The number of benzene rings is 2. The van der Waals surface area contributed by atoms with E-state index in [1.54, 1.807) is 24.3 Å². The molecule has 25 heavy (non-hydrogen) atoms. The molecule has 130 valence electrons. The number of carbonyl (C=O) groups excluding carboxylic acids is 2. The van der Waals surface area contributed by atoms with Crippen LogP contribution in [0.5, 0.6) is 5.75 Å². The first-order valence-electron chi connectivity index (χ1n) is 8.36. The SMILES string of the molecule is Cc1ccccc1C1(CNC(=O)c2ccc(OCC(N)=O)cc2)CC1. The molecule has 0 saturated heterocycles. The van der Waals surface area contributed by atoms with Crippen LogP contribution >= 0.6 is 0 Å². The van der Waals surface area contributed by atoms with Gasteiger partial charge in [0, 0.05) is 17.5 Å². The summed E-state index contributed by atoms with van der Waals surface area (Å²) < 4.78 is 5.19. The van der Waals surface area contributed by atoms with Crippen molar-refractivity contribution in [3.63, 3.8) is 0 Å². The molecule has 2 aromatic carbocycles. The molecule has 0 aliphatic heterocycles. The lowest BCUT2D eigenvalue weighted by molar-refractivity contribution is -0.119. The van der Waals surface area contributed by atoms with Gasteiger partial charge in [0.1, 0.15) is 5.75 Å². The lowest BCUT2D eigenvalue weighted by atomic mass is 9.92. The largest absolute Gasteiger partial charge is 0.484 e. The second kappa shape index (κ2) is 6.97. The Balaban J connectivity index is 1.59. The first-order valence-corrected chi connectivity index (χ1v) is 8.36. The molecule has 5 heteroatoms. The van der Waals surface area contributed by atoms with Crippen LogP contribution < -0.4 is 15.8 Å². The van der Waals surface area contributed by atoms with Gasteiger partial charge in [-0.3, -0.25) is 9.59 Å². The molecule has 0 atom stereocenters. The summed E-state index contributed by atoms with van der Waals surface area (Å²) in [5.74, 6) is -0.136. The summed E-state index contributed by atoms with van der Waals surface area (Å²) in [6, 6.07) is 15.0. The number of hydrogen-bond donors (Lipinski definition) is 2. The van der Waals surface area contributed by atoms with Crippen molar-refractivity contribution in [2.45, 2.75) is 25.2 Å². The van der Waals surface area contributed by atoms with Crippen molar-refractivity contribution in [2.75, 3.05) is 13.2 Å². The van der Waals surface area contributed by atoms with E-state index in [1.165, 1.54) is 11.1 Å². The molecule has 5 nitrogen and oxygen atoms in total. The van der Waals surface area contributed by atoms with Gasteiger partial charge in [-0.15, -0.1) is 0 Å². The van der Waals surface area contributed by atoms with Gasteiger partial charge >= 0.3 is 0 Å². The lowest BCUT2D eigenvalue weighted by Gasteiger charge is -2.19. The van der Waals surface area contributed by atoms with Crippen molar-refractivity contribution in [3.8, 4) is 5.75 Å². The zero-order valence-corrected chi connectivity index (χ0v) is 14.2. The second-order valence-electron chi connectivity index (χ2n) is 6.56. The summed E-state index contributed by atoms with van der Waals surface area (Å²) in [5, 5.41) is 3.04. The Labute approximate surface area is 147 Å². The highest BCUT2D eigenvalue weighted by molar-refractivity contribution is 5.94. The first kappa shape index (κ1) is 17.0. The zero-order chi connectivity index (χ0) is 17.9. The van der Waals surface area contributed by atoms with Crippen LogP contribution in [0.4, 0.5) is 0 Å². The van der Waals surface area contributed by atoms with E-state index in [9.17, 15) is 9.59 Å². The zero-order valence-electron chi connectivity index (χ0n) is 14.2.